The van der Waals surface area contributed by atoms with Crippen molar-refractivity contribution in [3.05, 3.63) is 35.6 Å². The van der Waals surface area contributed by atoms with E-state index in [0.717, 1.165) is 26.1 Å². The van der Waals surface area contributed by atoms with Crippen molar-refractivity contribution in [1.82, 2.24) is 10.6 Å². The summed E-state index contributed by atoms with van der Waals surface area (Å²) in [6.07, 6.45) is 3.96. The molecule has 1 atom stereocenters. The molecule has 26 heavy (non-hydrogen) atoms. The predicted octanol–water partition coefficient (Wildman–Crippen LogP) is 3.24. The maximum Gasteiger partial charge on any atom is 0.191 e. The fourth-order valence-electron chi connectivity index (χ4n) is 3.07. The van der Waals surface area contributed by atoms with Crippen molar-refractivity contribution < 1.29 is 14.2 Å². The summed E-state index contributed by atoms with van der Waals surface area (Å²) in [6, 6.07) is 5.90. The average Bonchev–Trinajstić information content (AvgIpc) is 2.58. The normalized spacial score (nSPS) is 17.0. The Kier molecular flexibility index (Phi) is 10.4. The molecule has 1 saturated carbocycles. The zero-order valence-electron chi connectivity index (χ0n) is 15.6. The van der Waals surface area contributed by atoms with E-state index in [-0.39, 0.29) is 35.2 Å². The van der Waals surface area contributed by atoms with Gasteiger partial charge in [0, 0.05) is 33.4 Å². The summed E-state index contributed by atoms with van der Waals surface area (Å²) in [7, 11) is 1.73. The van der Waals surface area contributed by atoms with Gasteiger partial charge < -0.3 is 20.5 Å². The van der Waals surface area contributed by atoms with Gasteiger partial charge in [0.1, 0.15) is 5.82 Å². The van der Waals surface area contributed by atoms with E-state index in [1.54, 1.807) is 19.2 Å². The number of ether oxygens (including phenoxy) is 1. The molecule has 1 aromatic rings. The molecule has 1 aliphatic rings. The minimum absolute atomic E-state index is 0. The van der Waals surface area contributed by atoms with Crippen LogP contribution in [0.4, 0.5) is 4.39 Å². The number of halogens is 2. The van der Waals surface area contributed by atoms with Crippen molar-refractivity contribution in [2.75, 3.05) is 33.4 Å². The van der Waals surface area contributed by atoms with Gasteiger partial charge in [0.15, 0.2) is 5.96 Å². The van der Waals surface area contributed by atoms with Crippen LogP contribution < -0.4 is 10.6 Å². The molecule has 0 bridgehead atoms. The number of nitrogens with zero attached hydrogens (tertiary/aromatic N) is 1. The van der Waals surface area contributed by atoms with Crippen molar-refractivity contribution in [1.29, 1.82) is 0 Å². The molecule has 0 spiro atoms. The summed E-state index contributed by atoms with van der Waals surface area (Å²) in [6.45, 7) is 4.62. The standard InChI is InChI=1S/C19H30FN3O2.HI/c1-3-21-18(23-14-19(9-4-10-19)11-12-25-2)22-13-17(24)15-5-7-16(20)8-6-15;/h5-8,17,24H,3-4,9-14H2,1-2H3,(H2,21,22,23);1H. The molecule has 0 heterocycles. The number of rotatable bonds is 9. The van der Waals surface area contributed by atoms with Crippen LogP contribution in [-0.2, 0) is 4.74 Å². The van der Waals surface area contributed by atoms with Crippen LogP contribution in [0, 0.1) is 11.2 Å². The molecule has 1 fully saturated rings. The highest BCUT2D eigenvalue weighted by Gasteiger charge is 2.36. The number of benzene rings is 1. The summed E-state index contributed by atoms with van der Waals surface area (Å²) in [4.78, 5) is 4.71. The highest BCUT2D eigenvalue weighted by molar-refractivity contribution is 14.0. The van der Waals surface area contributed by atoms with Crippen LogP contribution in [0.3, 0.4) is 0 Å². The number of aliphatic hydroxyl groups excluding tert-OH is 1. The van der Waals surface area contributed by atoms with Crippen LogP contribution >= 0.6 is 24.0 Å². The lowest BCUT2D eigenvalue weighted by Gasteiger charge is -2.40. The monoisotopic (exact) mass is 479 g/mol. The van der Waals surface area contributed by atoms with Crippen LogP contribution in [0.25, 0.3) is 0 Å². The molecule has 2 rings (SSSR count). The van der Waals surface area contributed by atoms with E-state index in [1.807, 2.05) is 6.92 Å². The van der Waals surface area contributed by atoms with E-state index in [9.17, 15) is 9.50 Å². The molecule has 5 nitrogen and oxygen atoms in total. The van der Waals surface area contributed by atoms with Gasteiger partial charge in [-0.3, -0.25) is 4.99 Å². The fourth-order valence-corrected chi connectivity index (χ4v) is 3.07. The average molecular weight is 479 g/mol. The zero-order chi connectivity index (χ0) is 18.1. The second-order valence-electron chi connectivity index (χ2n) is 6.74. The molecule has 7 heteroatoms. The molecule has 0 aromatic heterocycles. The third-order valence-corrected chi connectivity index (χ3v) is 4.89. The first-order valence-electron chi connectivity index (χ1n) is 9.03. The molecule has 0 amide bonds. The third-order valence-electron chi connectivity index (χ3n) is 4.89. The van der Waals surface area contributed by atoms with E-state index in [2.05, 4.69) is 10.6 Å². The molecule has 0 aliphatic heterocycles. The molecule has 0 radical (unpaired) electrons. The summed E-state index contributed by atoms with van der Waals surface area (Å²) < 4.78 is 18.2. The van der Waals surface area contributed by atoms with E-state index < -0.39 is 6.10 Å². The number of guanidine groups is 1. The Bertz CT molecular complexity index is 550. The maximum absolute atomic E-state index is 13.0. The van der Waals surface area contributed by atoms with Crippen molar-refractivity contribution in [3.63, 3.8) is 0 Å². The Morgan fingerprint density at radius 2 is 2.00 bits per heavy atom. The smallest absolute Gasteiger partial charge is 0.191 e. The lowest BCUT2D eigenvalue weighted by Crippen LogP contribution is -2.41. The van der Waals surface area contributed by atoms with Gasteiger partial charge in [-0.05, 0) is 49.3 Å². The summed E-state index contributed by atoms with van der Waals surface area (Å²) >= 11 is 0. The van der Waals surface area contributed by atoms with Gasteiger partial charge in [-0.15, -0.1) is 24.0 Å². The van der Waals surface area contributed by atoms with Crippen molar-refractivity contribution in [2.24, 2.45) is 10.4 Å². The molecule has 1 aromatic carbocycles. The van der Waals surface area contributed by atoms with Crippen molar-refractivity contribution >= 4 is 29.9 Å². The molecule has 3 N–H and O–H groups in total. The largest absolute Gasteiger partial charge is 0.387 e. The van der Waals surface area contributed by atoms with Gasteiger partial charge in [-0.25, -0.2) is 4.39 Å². The quantitative estimate of drug-likeness (QED) is 0.289. The summed E-state index contributed by atoms with van der Waals surface area (Å²) in [5.74, 6) is 0.396. The van der Waals surface area contributed by atoms with Crippen LogP contribution in [0.15, 0.2) is 29.3 Å². The Morgan fingerprint density at radius 3 is 2.54 bits per heavy atom. The van der Waals surface area contributed by atoms with Crippen molar-refractivity contribution in [2.45, 2.75) is 38.7 Å². The fraction of sp³-hybridized carbons (Fsp3) is 0.632. The summed E-state index contributed by atoms with van der Waals surface area (Å²) in [5.41, 5.74) is 0.939. The Morgan fingerprint density at radius 1 is 1.31 bits per heavy atom. The van der Waals surface area contributed by atoms with Gasteiger partial charge in [0.25, 0.3) is 0 Å². The minimum Gasteiger partial charge on any atom is -0.387 e. The van der Waals surface area contributed by atoms with Gasteiger partial charge in [-0.2, -0.15) is 0 Å². The highest BCUT2D eigenvalue weighted by Crippen LogP contribution is 2.44. The molecule has 1 aliphatic carbocycles. The number of hydrogen-bond acceptors (Lipinski definition) is 3. The van der Waals surface area contributed by atoms with Gasteiger partial charge >= 0.3 is 0 Å². The zero-order valence-corrected chi connectivity index (χ0v) is 18.0. The highest BCUT2D eigenvalue weighted by atomic mass is 127. The number of hydrogen-bond donors (Lipinski definition) is 3. The molecule has 0 saturated heterocycles. The van der Waals surface area contributed by atoms with E-state index in [4.69, 9.17) is 9.73 Å². The first-order chi connectivity index (χ1) is 12.1. The van der Waals surface area contributed by atoms with E-state index in [1.165, 1.54) is 31.4 Å². The van der Waals surface area contributed by atoms with Crippen LogP contribution in [0.5, 0.6) is 0 Å². The lowest BCUT2D eigenvalue weighted by molar-refractivity contribution is 0.0778. The molecular weight excluding hydrogens is 448 g/mol. The number of aliphatic imine (C=N–C) groups is 1. The topological polar surface area (TPSA) is 65.9 Å². The van der Waals surface area contributed by atoms with Gasteiger partial charge in [-0.1, -0.05) is 18.6 Å². The van der Waals surface area contributed by atoms with E-state index >= 15 is 0 Å². The number of nitrogens with one attached hydrogen (secondary N) is 2. The minimum atomic E-state index is -0.712. The number of aliphatic hydroxyl groups is 1. The Hall–Kier alpha value is -0.930. The molecule has 1 unspecified atom stereocenters. The Labute approximate surface area is 172 Å². The maximum atomic E-state index is 13.0. The summed E-state index contributed by atoms with van der Waals surface area (Å²) in [5, 5.41) is 16.6. The Balaban J connectivity index is 0.00000338. The molecule has 148 valence electrons. The first-order valence-corrected chi connectivity index (χ1v) is 9.03. The van der Waals surface area contributed by atoms with E-state index in [0.29, 0.717) is 18.1 Å². The van der Waals surface area contributed by atoms with Gasteiger partial charge in [0.05, 0.1) is 6.10 Å². The third kappa shape index (κ3) is 7.00. The number of methoxy groups -OCH3 is 1. The SMILES string of the molecule is CCNC(=NCC1(CCOC)CCC1)NCC(O)c1ccc(F)cc1.I. The second kappa shape index (κ2) is 11.7. The van der Waals surface area contributed by atoms with Crippen LogP contribution in [0.1, 0.15) is 44.3 Å². The second-order valence-corrected chi connectivity index (χ2v) is 6.74. The lowest BCUT2D eigenvalue weighted by atomic mass is 9.67. The molecular formula is C19H31FIN3O2. The van der Waals surface area contributed by atoms with Crippen molar-refractivity contribution in [3.8, 4) is 0 Å². The first kappa shape index (κ1) is 23.1. The van der Waals surface area contributed by atoms with Crippen LogP contribution in [-0.4, -0.2) is 44.4 Å². The predicted molar refractivity (Wildman–Crippen MR) is 114 cm³/mol. The van der Waals surface area contributed by atoms with Gasteiger partial charge in [0.2, 0.25) is 0 Å². The van der Waals surface area contributed by atoms with Crippen LogP contribution in [0.2, 0.25) is 0 Å².